The van der Waals surface area contributed by atoms with Gasteiger partial charge in [0.15, 0.2) is 0 Å². The van der Waals surface area contributed by atoms with Crippen LogP contribution in [0.15, 0.2) is 49.1 Å². The molecule has 1 amide bonds. The van der Waals surface area contributed by atoms with Crippen molar-refractivity contribution in [2.75, 3.05) is 29.9 Å². The van der Waals surface area contributed by atoms with Crippen LogP contribution in [0, 0.1) is 0 Å². The molecule has 2 N–H and O–H groups in total. The lowest BCUT2D eigenvalue weighted by atomic mass is 10.1. The molecule has 2 aliphatic heterocycles. The van der Waals surface area contributed by atoms with E-state index in [4.69, 9.17) is 0 Å². The molecular weight excluding hydrogens is 506 g/mol. The number of halogens is 4. The Balaban J connectivity index is 1.20. The number of alkyl halides is 4. The fraction of sp³-hybridized carbons (Fsp3) is 0.292. The third kappa shape index (κ3) is 4.41. The first kappa shape index (κ1) is 23.9. The third-order valence-corrected chi connectivity index (χ3v) is 6.58. The Bertz CT molecular complexity index is 1460. The summed E-state index contributed by atoms with van der Waals surface area (Å²) in [4.78, 5) is 28.1. The van der Waals surface area contributed by atoms with Crippen LogP contribution in [-0.4, -0.2) is 66.1 Å². The lowest BCUT2D eigenvalue weighted by molar-refractivity contribution is -0.113. The van der Waals surface area contributed by atoms with Crippen molar-refractivity contribution in [1.29, 1.82) is 0 Å². The summed E-state index contributed by atoms with van der Waals surface area (Å²) >= 11 is 0. The van der Waals surface area contributed by atoms with Crippen molar-refractivity contribution in [2.24, 2.45) is 0 Å². The number of H-pyrrole nitrogens is 1. The number of aromatic nitrogens is 6. The Labute approximate surface area is 213 Å². The predicted octanol–water partition coefficient (Wildman–Crippen LogP) is 3.86. The fourth-order valence-corrected chi connectivity index (χ4v) is 4.69. The zero-order chi connectivity index (χ0) is 26.4. The molecule has 0 aliphatic carbocycles. The van der Waals surface area contributed by atoms with Gasteiger partial charge in [0.05, 0.1) is 25.8 Å². The number of likely N-dealkylation sites (tertiary alicyclic amines) is 1. The molecule has 3 aromatic heterocycles. The number of rotatable bonds is 6. The number of nitrogens with one attached hydrogen (secondary N) is 2. The summed E-state index contributed by atoms with van der Waals surface area (Å²) in [6.45, 7) is -4.13. The van der Waals surface area contributed by atoms with Crippen LogP contribution >= 0.6 is 0 Å². The third-order valence-electron chi connectivity index (χ3n) is 6.58. The van der Waals surface area contributed by atoms with Gasteiger partial charge in [-0.15, -0.1) is 0 Å². The minimum atomic E-state index is -3.01. The van der Waals surface area contributed by atoms with Gasteiger partial charge in [-0.3, -0.25) is 14.5 Å². The van der Waals surface area contributed by atoms with Crippen molar-refractivity contribution in [1.82, 2.24) is 34.6 Å². The molecule has 0 atom stereocenters. The summed E-state index contributed by atoms with van der Waals surface area (Å²) in [7, 11) is 0. The van der Waals surface area contributed by atoms with E-state index in [0.29, 0.717) is 23.1 Å². The van der Waals surface area contributed by atoms with Crippen molar-refractivity contribution < 1.29 is 22.4 Å². The molecule has 14 heteroatoms. The zero-order valence-corrected chi connectivity index (χ0v) is 19.8. The Morgan fingerprint density at radius 1 is 1.11 bits per heavy atom. The Morgan fingerprint density at radius 3 is 2.58 bits per heavy atom. The lowest BCUT2D eigenvalue weighted by Gasteiger charge is -2.38. The topological polar surface area (TPSA) is 108 Å². The quantitative estimate of drug-likeness (QED) is 0.367. The number of carbonyl (C=O) groups excluding carboxylic acids is 1. The Hall–Kier alpha value is -4.49. The molecule has 1 saturated heterocycles. The number of aromatic amines is 1. The molecular formula is C24H21F4N9O. The number of hydrogen-bond acceptors (Lipinski definition) is 7. The number of benzene rings is 1. The van der Waals surface area contributed by atoms with E-state index in [1.54, 1.807) is 17.3 Å². The van der Waals surface area contributed by atoms with Gasteiger partial charge in [-0.25, -0.2) is 18.7 Å². The maximum Gasteiger partial charge on any atom is 0.319 e. The molecule has 38 heavy (non-hydrogen) atoms. The minimum Gasteiger partial charge on any atom is -0.335 e. The molecule has 10 nitrogen and oxygen atoms in total. The monoisotopic (exact) mass is 527 g/mol. The van der Waals surface area contributed by atoms with Gasteiger partial charge in [0.25, 0.3) is 11.8 Å². The van der Waals surface area contributed by atoms with Gasteiger partial charge in [-0.05, 0) is 35.7 Å². The second-order valence-corrected chi connectivity index (χ2v) is 9.14. The molecule has 0 saturated carbocycles. The number of anilines is 3. The smallest absolute Gasteiger partial charge is 0.319 e. The van der Waals surface area contributed by atoms with Gasteiger partial charge in [0.1, 0.15) is 12.0 Å². The van der Waals surface area contributed by atoms with Gasteiger partial charge >= 0.3 is 6.55 Å². The van der Waals surface area contributed by atoms with Crippen LogP contribution < -0.4 is 10.2 Å². The van der Waals surface area contributed by atoms with E-state index in [9.17, 15) is 22.4 Å². The van der Waals surface area contributed by atoms with Crippen LogP contribution in [0.2, 0.25) is 0 Å². The van der Waals surface area contributed by atoms with Crippen molar-refractivity contribution in [3.8, 4) is 11.1 Å². The average molecular weight is 527 g/mol. The second-order valence-electron chi connectivity index (χ2n) is 9.14. The summed E-state index contributed by atoms with van der Waals surface area (Å²) in [6, 6.07) is 8.94. The molecule has 196 valence electrons. The highest BCUT2D eigenvalue weighted by atomic mass is 19.3. The lowest BCUT2D eigenvalue weighted by Crippen LogP contribution is -2.58. The van der Waals surface area contributed by atoms with E-state index in [1.807, 2.05) is 24.3 Å². The molecule has 1 fully saturated rings. The molecule has 0 radical (unpaired) electrons. The fourth-order valence-electron chi connectivity index (χ4n) is 4.69. The highest BCUT2D eigenvalue weighted by molar-refractivity contribution is 5.94. The average Bonchev–Trinajstić information content (AvgIpc) is 3.55. The van der Waals surface area contributed by atoms with Gasteiger partial charge in [-0.2, -0.15) is 18.9 Å². The summed E-state index contributed by atoms with van der Waals surface area (Å²) in [5.74, 6) is -3.26. The first-order valence-electron chi connectivity index (χ1n) is 11.8. The van der Waals surface area contributed by atoms with Gasteiger partial charge in [-0.1, -0.05) is 12.1 Å². The maximum absolute atomic E-state index is 14.1. The highest BCUT2D eigenvalue weighted by Gasteiger charge is 2.47. The highest BCUT2D eigenvalue weighted by Crippen LogP contribution is 2.33. The van der Waals surface area contributed by atoms with E-state index < -0.39 is 31.5 Å². The number of hydrogen-bond donors (Lipinski definition) is 2. The van der Waals surface area contributed by atoms with Crippen molar-refractivity contribution in [2.45, 2.75) is 25.4 Å². The zero-order valence-electron chi connectivity index (χ0n) is 19.8. The molecule has 4 aromatic rings. The first-order chi connectivity index (χ1) is 18.3. The van der Waals surface area contributed by atoms with Crippen molar-refractivity contribution >= 4 is 23.5 Å². The van der Waals surface area contributed by atoms with Crippen LogP contribution in [-0.2, 0) is 13.0 Å². The van der Waals surface area contributed by atoms with E-state index in [-0.39, 0.29) is 29.8 Å². The maximum atomic E-state index is 14.1. The molecule has 0 unspecified atom stereocenters. The van der Waals surface area contributed by atoms with Crippen LogP contribution in [0.5, 0.6) is 0 Å². The number of nitrogens with zero attached hydrogens (tertiary/aromatic N) is 7. The van der Waals surface area contributed by atoms with Crippen molar-refractivity contribution in [3.05, 3.63) is 66.0 Å². The normalized spacial score (nSPS) is 16.3. The van der Waals surface area contributed by atoms with Crippen LogP contribution in [0.1, 0.15) is 28.3 Å². The molecule has 2 aliphatic rings. The summed E-state index contributed by atoms with van der Waals surface area (Å²) < 4.78 is 55.3. The van der Waals surface area contributed by atoms with Gasteiger partial charge in [0.2, 0.25) is 11.9 Å². The predicted molar refractivity (Wildman–Crippen MR) is 128 cm³/mol. The van der Waals surface area contributed by atoms with E-state index >= 15 is 0 Å². The Kier molecular flexibility index (Phi) is 5.73. The SMILES string of the molecule is O=C(c1cc2c(n1C(F)F)CN(c1ncnc(Nc3ccc(-c4cn[nH]c4)cc3)n1)CC2)N1CC(F)(F)C1. The molecule has 0 spiro atoms. The summed E-state index contributed by atoms with van der Waals surface area (Å²) in [5.41, 5.74) is 3.17. The largest absolute Gasteiger partial charge is 0.335 e. The minimum absolute atomic E-state index is 0.0198. The summed E-state index contributed by atoms with van der Waals surface area (Å²) in [6.07, 6.45) is 5.19. The molecule has 5 heterocycles. The second kappa shape index (κ2) is 9.11. The molecule has 6 rings (SSSR count). The number of carbonyl (C=O) groups is 1. The molecule has 1 aromatic carbocycles. The Morgan fingerprint density at radius 2 is 1.89 bits per heavy atom. The standard InChI is InChI=1S/C24H21F4N9O/c25-21(26)37-18(20(38)36-11-24(27,28)12-36)7-15-5-6-35(10-19(15)37)23-30-13-29-22(34-23)33-17-3-1-14(2-4-17)16-8-31-32-9-16/h1-4,7-9,13,21H,5-6,10-12H2,(H,31,32)(H,29,30,33,34). The van der Waals surface area contributed by atoms with Crippen LogP contribution in [0.3, 0.4) is 0 Å². The van der Waals surface area contributed by atoms with Gasteiger partial charge < -0.3 is 15.1 Å². The van der Waals surface area contributed by atoms with E-state index in [2.05, 4.69) is 30.5 Å². The summed E-state index contributed by atoms with van der Waals surface area (Å²) in [5, 5.41) is 9.82. The van der Waals surface area contributed by atoms with E-state index in [1.165, 1.54) is 12.4 Å². The van der Waals surface area contributed by atoms with E-state index in [0.717, 1.165) is 21.7 Å². The van der Waals surface area contributed by atoms with Crippen LogP contribution in [0.4, 0.5) is 35.1 Å². The van der Waals surface area contributed by atoms with Gasteiger partial charge in [0, 0.05) is 29.7 Å². The number of amides is 1. The van der Waals surface area contributed by atoms with Crippen molar-refractivity contribution in [3.63, 3.8) is 0 Å². The number of fused-ring (bicyclic) bond motifs is 1. The van der Waals surface area contributed by atoms with Crippen LogP contribution in [0.25, 0.3) is 11.1 Å². The first-order valence-corrected chi connectivity index (χ1v) is 11.8. The molecule has 0 bridgehead atoms.